The smallest absolute Gasteiger partial charge is 0.135 e. The van der Waals surface area contributed by atoms with E-state index in [0.717, 1.165) is 46.7 Å². The van der Waals surface area contributed by atoms with Crippen LogP contribution in [0.1, 0.15) is 18.4 Å². The summed E-state index contributed by atoms with van der Waals surface area (Å²) in [4.78, 5) is 11.0. The Morgan fingerprint density at radius 2 is 1.70 bits per heavy atom. The van der Waals surface area contributed by atoms with E-state index in [1.54, 1.807) is 6.33 Å². The third-order valence-corrected chi connectivity index (χ3v) is 4.78. The molecule has 0 aliphatic carbocycles. The predicted octanol–water partition coefficient (Wildman–Crippen LogP) is 5.05. The molecular formula is C21H21ClN4O. The maximum atomic E-state index is 5.90. The van der Waals surface area contributed by atoms with Crippen molar-refractivity contribution < 1.29 is 4.74 Å². The summed E-state index contributed by atoms with van der Waals surface area (Å²) < 4.78 is 5.82. The summed E-state index contributed by atoms with van der Waals surface area (Å²) in [6.45, 7) is 2.64. The summed E-state index contributed by atoms with van der Waals surface area (Å²) in [7, 11) is 0. The lowest BCUT2D eigenvalue weighted by Gasteiger charge is -2.16. The van der Waals surface area contributed by atoms with Crippen LogP contribution in [0.3, 0.4) is 0 Å². The van der Waals surface area contributed by atoms with Crippen molar-refractivity contribution in [2.45, 2.75) is 19.4 Å². The largest absolute Gasteiger partial charge is 0.489 e. The molecule has 5 nitrogen and oxygen atoms in total. The Hall–Kier alpha value is -2.79. The van der Waals surface area contributed by atoms with Crippen molar-refractivity contribution in [1.82, 2.24) is 9.97 Å². The summed E-state index contributed by atoms with van der Waals surface area (Å²) >= 11 is 5.90. The third-order valence-electron chi connectivity index (χ3n) is 4.53. The molecule has 0 bridgehead atoms. The fraction of sp³-hybridized carbons (Fsp3) is 0.238. The number of anilines is 3. The van der Waals surface area contributed by atoms with Gasteiger partial charge in [0.15, 0.2) is 0 Å². The summed E-state index contributed by atoms with van der Waals surface area (Å²) in [5.74, 6) is 2.59. The molecule has 1 fully saturated rings. The van der Waals surface area contributed by atoms with Crippen molar-refractivity contribution in [1.29, 1.82) is 0 Å². The molecule has 1 aromatic heterocycles. The Morgan fingerprint density at radius 3 is 2.44 bits per heavy atom. The summed E-state index contributed by atoms with van der Waals surface area (Å²) in [6, 6.07) is 17.5. The Morgan fingerprint density at radius 1 is 0.963 bits per heavy atom. The highest BCUT2D eigenvalue weighted by Crippen LogP contribution is 2.23. The van der Waals surface area contributed by atoms with Crippen LogP contribution in [0.2, 0.25) is 5.02 Å². The standard InChI is InChI=1S/C21H21ClN4O/c22-17-5-3-16(4-6-17)14-27-19-9-7-18(8-10-19)25-20-13-21(24-15-23-20)26-11-1-2-12-26/h3-10,13,15H,1-2,11-12,14H2,(H,23,24,25). The topological polar surface area (TPSA) is 50.3 Å². The van der Waals surface area contributed by atoms with Gasteiger partial charge in [-0.3, -0.25) is 0 Å². The summed E-state index contributed by atoms with van der Waals surface area (Å²) in [6.07, 6.45) is 4.06. The molecule has 0 spiro atoms. The molecule has 0 saturated carbocycles. The molecule has 0 atom stereocenters. The van der Waals surface area contributed by atoms with E-state index in [1.807, 2.05) is 54.6 Å². The fourth-order valence-corrected chi connectivity index (χ4v) is 3.19. The van der Waals surface area contributed by atoms with Crippen molar-refractivity contribution >= 4 is 28.9 Å². The minimum Gasteiger partial charge on any atom is -0.489 e. The Bertz CT molecular complexity index is 877. The number of rotatable bonds is 6. The van der Waals surface area contributed by atoms with Gasteiger partial charge in [0.25, 0.3) is 0 Å². The molecule has 0 amide bonds. The molecule has 27 heavy (non-hydrogen) atoms. The van der Waals surface area contributed by atoms with Crippen molar-refractivity contribution in [3.05, 3.63) is 71.5 Å². The molecule has 4 rings (SSSR count). The zero-order valence-electron chi connectivity index (χ0n) is 14.9. The maximum Gasteiger partial charge on any atom is 0.135 e. The van der Waals surface area contributed by atoms with Gasteiger partial charge in [-0.1, -0.05) is 23.7 Å². The van der Waals surface area contributed by atoms with E-state index >= 15 is 0 Å². The van der Waals surface area contributed by atoms with Crippen LogP contribution in [0.25, 0.3) is 0 Å². The van der Waals surface area contributed by atoms with Crippen LogP contribution in [0, 0.1) is 0 Å². The molecule has 1 aliphatic heterocycles. The second-order valence-corrected chi connectivity index (χ2v) is 6.96. The van der Waals surface area contributed by atoms with Gasteiger partial charge >= 0.3 is 0 Å². The van der Waals surface area contributed by atoms with Gasteiger partial charge in [-0.15, -0.1) is 0 Å². The minimum atomic E-state index is 0.509. The second-order valence-electron chi connectivity index (χ2n) is 6.52. The fourth-order valence-electron chi connectivity index (χ4n) is 3.06. The number of halogens is 1. The number of hydrogen-bond donors (Lipinski definition) is 1. The van der Waals surface area contributed by atoms with Gasteiger partial charge in [-0.2, -0.15) is 0 Å². The van der Waals surface area contributed by atoms with Gasteiger partial charge in [-0.25, -0.2) is 9.97 Å². The average molecular weight is 381 g/mol. The van der Waals surface area contributed by atoms with E-state index in [4.69, 9.17) is 16.3 Å². The quantitative estimate of drug-likeness (QED) is 0.648. The molecule has 1 N–H and O–H groups in total. The zero-order chi connectivity index (χ0) is 18.5. The molecule has 0 radical (unpaired) electrons. The lowest BCUT2D eigenvalue weighted by Crippen LogP contribution is -2.19. The van der Waals surface area contributed by atoms with Gasteiger partial charge < -0.3 is 15.0 Å². The van der Waals surface area contributed by atoms with Gasteiger partial charge in [-0.05, 0) is 54.8 Å². The molecule has 3 aromatic rings. The highest BCUT2D eigenvalue weighted by molar-refractivity contribution is 6.30. The summed E-state index contributed by atoms with van der Waals surface area (Å²) in [5, 5.41) is 4.06. The number of hydrogen-bond acceptors (Lipinski definition) is 5. The van der Waals surface area contributed by atoms with Crippen LogP contribution in [0.4, 0.5) is 17.3 Å². The molecule has 6 heteroatoms. The molecule has 138 valence electrons. The first-order chi connectivity index (χ1) is 13.3. The van der Waals surface area contributed by atoms with E-state index in [9.17, 15) is 0 Å². The summed E-state index contributed by atoms with van der Waals surface area (Å²) in [5.41, 5.74) is 2.04. The maximum absolute atomic E-state index is 5.90. The number of aromatic nitrogens is 2. The Balaban J connectivity index is 1.36. The van der Waals surface area contributed by atoms with Gasteiger partial charge in [0.05, 0.1) is 0 Å². The van der Waals surface area contributed by atoms with Crippen LogP contribution in [0.5, 0.6) is 5.75 Å². The molecule has 0 unspecified atom stereocenters. The van der Waals surface area contributed by atoms with E-state index in [2.05, 4.69) is 20.2 Å². The lowest BCUT2D eigenvalue weighted by molar-refractivity contribution is 0.306. The first kappa shape index (κ1) is 17.6. The average Bonchev–Trinajstić information content (AvgIpc) is 3.24. The number of nitrogens with one attached hydrogen (secondary N) is 1. The lowest BCUT2D eigenvalue weighted by atomic mass is 10.2. The van der Waals surface area contributed by atoms with Crippen LogP contribution in [-0.2, 0) is 6.61 Å². The van der Waals surface area contributed by atoms with Crippen molar-refractivity contribution in [3.8, 4) is 5.75 Å². The van der Waals surface area contributed by atoms with Crippen molar-refractivity contribution in [2.24, 2.45) is 0 Å². The zero-order valence-corrected chi connectivity index (χ0v) is 15.7. The first-order valence-corrected chi connectivity index (χ1v) is 9.45. The van der Waals surface area contributed by atoms with Crippen molar-refractivity contribution in [2.75, 3.05) is 23.3 Å². The van der Waals surface area contributed by atoms with Crippen LogP contribution in [0.15, 0.2) is 60.9 Å². The highest BCUT2D eigenvalue weighted by atomic mass is 35.5. The van der Waals surface area contributed by atoms with E-state index in [0.29, 0.717) is 6.61 Å². The highest BCUT2D eigenvalue weighted by Gasteiger charge is 2.14. The van der Waals surface area contributed by atoms with E-state index in [-0.39, 0.29) is 0 Å². The van der Waals surface area contributed by atoms with E-state index in [1.165, 1.54) is 12.8 Å². The van der Waals surface area contributed by atoms with Crippen molar-refractivity contribution in [3.63, 3.8) is 0 Å². The molecule has 1 saturated heterocycles. The van der Waals surface area contributed by atoms with E-state index < -0.39 is 0 Å². The molecule has 1 aliphatic rings. The van der Waals surface area contributed by atoms with Crippen LogP contribution >= 0.6 is 11.6 Å². The first-order valence-electron chi connectivity index (χ1n) is 9.08. The number of ether oxygens (including phenoxy) is 1. The molecule has 2 aromatic carbocycles. The van der Waals surface area contributed by atoms with Gasteiger partial charge in [0, 0.05) is 29.9 Å². The van der Waals surface area contributed by atoms with Gasteiger partial charge in [0.1, 0.15) is 30.3 Å². The number of benzene rings is 2. The normalized spacial score (nSPS) is 13.6. The van der Waals surface area contributed by atoms with Crippen LogP contribution < -0.4 is 15.0 Å². The Labute approximate surface area is 164 Å². The third kappa shape index (κ3) is 4.68. The number of nitrogens with zero attached hydrogens (tertiary/aromatic N) is 3. The molecule has 2 heterocycles. The molecular weight excluding hydrogens is 360 g/mol. The monoisotopic (exact) mass is 380 g/mol. The predicted molar refractivity (Wildman–Crippen MR) is 109 cm³/mol. The van der Waals surface area contributed by atoms with Gasteiger partial charge in [0.2, 0.25) is 0 Å². The Kier molecular flexibility index (Phi) is 5.39. The SMILES string of the molecule is Clc1ccc(COc2ccc(Nc3cc(N4CCCC4)ncn3)cc2)cc1. The van der Waals surface area contributed by atoms with Crippen LogP contribution in [-0.4, -0.2) is 23.1 Å². The second kappa shape index (κ2) is 8.27. The minimum absolute atomic E-state index is 0.509.